The molecule has 1 fully saturated rings. The van der Waals surface area contributed by atoms with Gasteiger partial charge in [0, 0.05) is 5.69 Å². The molecule has 0 spiro atoms. The Morgan fingerprint density at radius 2 is 1.76 bits per heavy atom. The van der Waals surface area contributed by atoms with Crippen LogP contribution < -0.4 is 19.5 Å². The zero-order chi connectivity index (χ0) is 23.0. The molecule has 1 aliphatic carbocycles. The first kappa shape index (κ1) is 20.9. The summed E-state index contributed by atoms with van der Waals surface area (Å²) in [7, 11) is 0. The summed E-state index contributed by atoms with van der Waals surface area (Å²) in [6, 6.07) is 18.8. The van der Waals surface area contributed by atoms with Crippen molar-refractivity contribution in [2.45, 2.75) is 25.2 Å². The van der Waals surface area contributed by atoms with E-state index in [1.807, 2.05) is 55.5 Å². The summed E-state index contributed by atoms with van der Waals surface area (Å²) in [6.45, 7) is 1.83. The van der Waals surface area contributed by atoms with Gasteiger partial charge in [0.1, 0.15) is 5.75 Å². The lowest BCUT2D eigenvalue weighted by Crippen LogP contribution is -2.27. The molecule has 1 heterocycles. The molecule has 3 aromatic carbocycles. The molecule has 7 heteroatoms. The van der Waals surface area contributed by atoms with E-state index in [0.29, 0.717) is 17.2 Å². The quantitative estimate of drug-likeness (QED) is 0.555. The molecule has 0 radical (unpaired) electrons. The summed E-state index contributed by atoms with van der Waals surface area (Å²) in [6.07, 6.45) is 1.57. The van der Waals surface area contributed by atoms with Crippen molar-refractivity contribution < 1.29 is 28.9 Å². The summed E-state index contributed by atoms with van der Waals surface area (Å²) < 4.78 is 16.1. The minimum absolute atomic E-state index is 0.0337. The van der Waals surface area contributed by atoms with Gasteiger partial charge in [-0.1, -0.05) is 24.3 Å². The van der Waals surface area contributed by atoms with Crippen LogP contribution in [0.4, 0.5) is 5.69 Å². The van der Waals surface area contributed by atoms with Crippen molar-refractivity contribution in [1.82, 2.24) is 0 Å². The summed E-state index contributed by atoms with van der Waals surface area (Å²) in [4.78, 5) is 23.9. The average molecular weight is 445 g/mol. The van der Waals surface area contributed by atoms with Crippen LogP contribution in [-0.2, 0) is 15.0 Å². The van der Waals surface area contributed by atoms with Crippen LogP contribution in [0.3, 0.4) is 0 Å². The van der Waals surface area contributed by atoms with E-state index in [2.05, 4.69) is 5.32 Å². The molecular formula is C26H23NO6. The molecule has 2 aliphatic rings. The minimum Gasteiger partial charge on any atom is -0.482 e. The van der Waals surface area contributed by atoms with Crippen molar-refractivity contribution >= 4 is 17.6 Å². The second-order valence-corrected chi connectivity index (χ2v) is 8.34. The number of amides is 1. The number of fused-ring (bicyclic) bond motifs is 1. The largest absolute Gasteiger partial charge is 0.482 e. The lowest BCUT2D eigenvalue weighted by Gasteiger charge is -2.17. The van der Waals surface area contributed by atoms with Gasteiger partial charge in [-0.25, -0.2) is 4.79 Å². The number of nitrogens with one attached hydrogen (secondary N) is 1. The van der Waals surface area contributed by atoms with Gasteiger partial charge >= 0.3 is 5.97 Å². The fourth-order valence-corrected chi connectivity index (χ4v) is 4.10. The van der Waals surface area contributed by atoms with E-state index < -0.39 is 11.4 Å². The van der Waals surface area contributed by atoms with E-state index in [0.717, 1.165) is 40.8 Å². The van der Waals surface area contributed by atoms with E-state index in [1.54, 1.807) is 12.1 Å². The summed E-state index contributed by atoms with van der Waals surface area (Å²) in [5.41, 5.74) is 4.10. The predicted molar refractivity (Wildman–Crippen MR) is 122 cm³/mol. The normalized spacial score (nSPS) is 15.1. The van der Waals surface area contributed by atoms with Gasteiger partial charge in [0.05, 0.1) is 5.41 Å². The Morgan fingerprint density at radius 1 is 1.00 bits per heavy atom. The van der Waals surface area contributed by atoms with Crippen LogP contribution in [-0.4, -0.2) is 30.4 Å². The van der Waals surface area contributed by atoms with E-state index in [4.69, 9.17) is 19.3 Å². The van der Waals surface area contributed by atoms with Gasteiger partial charge in [0.25, 0.3) is 0 Å². The second kappa shape index (κ2) is 8.16. The monoisotopic (exact) mass is 445 g/mol. The number of carboxylic acid groups (broad SMARTS) is 1. The Kier molecular flexibility index (Phi) is 5.17. The summed E-state index contributed by atoms with van der Waals surface area (Å²) >= 11 is 0. The zero-order valence-electron chi connectivity index (χ0n) is 18.1. The van der Waals surface area contributed by atoms with Crippen LogP contribution in [0, 0.1) is 6.92 Å². The molecule has 0 aromatic heterocycles. The lowest BCUT2D eigenvalue weighted by molar-refractivity contribution is -0.139. The molecule has 3 aromatic rings. The molecule has 0 atom stereocenters. The van der Waals surface area contributed by atoms with Gasteiger partial charge in [-0.15, -0.1) is 0 Å². The molecule has 33 heavy (non-hydrogen) atoms. The number of anilines is 1. The van der Waals surface area contributed by atoms with Crippen molar-refractivity contribution in [2.24, 2.45) is 0 Å². The smallest absolute Gasteiger partial charge is 0.341 e. The highest BCUT2D eigenvalue weighted by atomic mass is 16.7. The number of benzene rings is 3. The molecule has 0 bridgehead atoms. The summed E-state index contributed by atoms with van der Waals surface area (Å²) in [5, 5.41) is 11.8. The average Bonchev–Trinajstić information content (AvgIpc) is 3.50. The zero-order valence-corrected chi connectivity index (χ0v) is 18.1. The number of ether oxygens (including phenoxy) is 3. The third kappa shape index (κ3) is 4.09. The molecule has 0 saturated heterocycles. The summed E-state index contributed by atoms with van der Waals surface area (Å²) in [5.74, 6) is 0.821. The Bertz CT molecular complexity index is 1230. The number of carboxylic acids is 1. The first-order valence-electron chi connectivity index (χ1n) is 10.7. The third-order valence-corrected chi connectivity index (χ3v) is 6.13. The van der Waals surface area contributed by atoms with Gasteiger partial charge in [-0.05, 0) is 78.4 Å². The minimum atomic E-state index is -1.02. The highest BCUT2D eigenvalue weighted by Crippen LogP contribution is 2.51. The van der Waals surface area contributed by atoms with Crippen molar-refractivity contribution in [3.8, 4) is 28.4 Å². The van der Waals surface area contributed by atoms with Crippen molar-refractivity contribution in [1.29, 1.82) is 0 Å². The molecular weight excluding hydrogens is 422 g/mol. The molecule has 168 valence electrons. The van der Waals surface area contributed by atoms with E-state index in [1.165, 1.54) is 0 Å². The van der Waals surface area contributed by atoms with Crippen LogP contribution in [0.1, 0.15) is 24.0 Å². The number of aliphatic carboxylic acids is 1. The van der Waals surface area contributed by atoms with Crippen LogP contribution >= 0.6 is 0 Å². The number of rotatable bonds is 7. The maximum absolute atomic E-state index is 13.3. The maximum Gasteiger partial charge on any atom is 0.341 e. The molecule has 1 saturated carbocycles. The van der Waals surface area contributed by atoms with Crippen molar-refractivity contribution in [3.05, 3.63) is 71.8 Å². The highest BCUT2D eigenvalue weighted by Gasteiger charge is 2.51. The van der Waals surface area contributed by atoms with Crippen LogP contribution in [0.15, 0.2) is 60.7 Å². The predicted octanol–water partition coefficient (Wildman–Crippen LogP) is 4.52. The first-order valence-corrected chi connectivity index (χ1v) is 10.7. The Balaban J connectivity index is 1.34. The number of aryl methyl sites for hydroxylation is 1. The Hall–Kier alpha value is -4.00. The van der Waals surface area contributed by atoms with E-state index >= 15 is 0 Å². The van der Waals surface area contributed by atoms with Gasteiger partial charge in [0.15, 0.2) is 18.1 Å². The molecule has 1 aliphatic heterocycles. The van der Waals surface area contributed by atoms with Gasteiger partial charge in [0.2, 0.25) is 12.7 Å². The topological polar surface area (TPSA) is 94.1 Å². The molecule has 5 rings (SSSR count). The number of carbonyl (C=O) groups excluding carboxylic acids is 1. The second-order valence-electron chi connectivity index (χ2n) is 8.34. The third-order valence-electron chi connectivity index (χ3n) is 6.13. The fraction of sp³-hybridized carbons (Fsp3) is 0.231. The van der Waals surface area contributed by atoms with Crippen LogP contribution in [0.2, 0.25) is 0 Å². The van der Waals surface area contributed by atoms with Gasteiger partial charge in [-0.2, -0.15) is 0 Å². The Morgan fingerprint density at radius 3 is 2.48 bits per heavy atom. The lowest BCUT2D eigenvalue weighted by atomic mass is 9.94. The molecule has 1 amide bonds. The van der Waals surface area contributed by atoms with Crippen molar-refractivity contribution in [2.75, 3.05) is 18.7 Å². The standard InChI is InChI=1S/C26H23NO6/c1-16-2-6-19(13-21(16)17-3-7-20(8-4-17)31-14-24(28)29)27-25(30)26(10-11-26)18-5-9-22-23(12-18)33-15-32-22/h2-9,12-13H,10-11,14-15H2,1H3,(H,27,30)(H,28,29). The number of hydrogen-bond donors (Lipinski definition) is 2. The number of carbonyl (C=O) groups is 2. The van der Waals surface area contributed by atoms with Crippen LogP contribution in [0.25, 0.3) is 11.1 Å². The van der Waals surface area contributed by atoms with E-state index in [-0.39, 0.29) is 19.3 Å². The van der Waals surface area contributed by atoms with Crippen molar-refractivity contribution in [3.63, 3.8) is 0 Å². The molecule has 0 unspecified atom stereocenters. The van der Waals surface area contributed by atoms with E-state index in [9.17, 15) is 9.59 Å². The van der Waals surface area contributed by atoms with Gasteiger partial charge in [-0.3, -0.25) is 4.79 Å². The first-order chi connectivity index (χ1) is 15.9. The highest BCUT2D eigenvalue weighted by molar-refractivity contribution is 6.02. The van der Waals surface area contributed by atoms with Gasteiger partial charge < -0.3 is 24.6 Å². The number of hydrogen-bond acceptors (Lipinski definition) is 5. The SMILES string of the molecule is Cc1ccc(NC(=O)C2(c3ccc4c(c3)OCO4)CC2)cc1-c1ccc(OCC(=O)O)cc1. The molecule has 7 nitrogen and oxygen atoms in total. The fourth-order valence-electron chi connectivity index (χ4n) is 4.10. The van der Waals surface area contributed by atoms with Crippen LogP contribution in [0.5, 0.6) is 17.2 Å². The molecule has 2 N–H and O–H groups in total. The maximum atomic E-state index is 13.3. The Labute approximate surface area is 190 Å².